The Hall–Kier alpha value is -1.03. The number of hydrogen-bond donors (Lipinski definition) is 1. The summed E-state index contributed by atoms with van der Waals surface area (Å²) in [5, 5.41) is 2.63. The lowest BCUT2D eigenvalue weighted by molar-refractivity contribution is -0.117. The zero-order chi connectivity index (χ0) is 12.1. The maximum absolute atomic E-state index is 13.3. The summed E-state index contributed by atoms with van der Waals surface area (Å²) < 4.78 is 13.3. The van der Waals surface area contributed by atoms with E-state index in [-0.39, 0.29) is 17.4 Å². The molecule has 1 aromatic rings. The van der Waals surface area contributed by atoms with Crippen molar-refractivity contribution in [3.8, 4) is 0 Å². The van der Waals surface area contributed by atoms with Gasteiger partial charge in [0.05, 0.1) is 5.69 Å². The summed E-state index contributed by atoms with van der Waals surface area (Å²) in [7, 11) is 0. The summed E-state index contributed by atoms with van der Waals surface area (Å²) in [5.74, 6) is 2.23. The van der Waals surface area contributed by atoms with Gasteiger partial charge in [-0.05, 0) is 42.4 Å². The molecular weight excluding hydrogens is 237 g/mol. The molecule has 1 unspecified atom stereocenters. The summed E-state index contributed by atoms with van der Waals surface area (Å²) in [6.45, 7) is 0. The fourth-order valence-electron chi connectivity index (χ4n) is 1.99. The molecule has 1 aliphatic heterocycles. The van der Waals surface area contributed by atoms with Crippen LogP contribution in [-0.4, -0.2) is 17.4 Å². The number of carbonyl (C=O) groups is 1. The first-order chi connectivity index (χ1) is 8.25. The molecule has 4 heteroatoms. The normalized spacial score (nSPS) is 19.9. The highest BCUT2D eigenvalue weighted by molar-refractivity contribution is 7.99. The van der Waals surface area contributed by atoms with E-state index in [1.165, 1.54) is 18.2 Å². The number of halogens is 1. The second-order valence-corrected chi connectivity index (χ2v) is 5.47. The van der Waals surface area contributed by atoms with Crippen molar-refractivity contribution < 1.29 is 9.18 Å². The van der Waals surface area contributed by atoms with Crippen molar-refractivity contribution >= 4 is 23.4 Å². The average molecular weight is 253 g/mol. The second-order valence-electron chi connectivity index (χ2n) is 4.32. The van der Waals surface area contributed by atoms with Crippen LogP contribution in [0.3, 0.4) is 0 Å². The molecule has 1 aromatic carbocycles. The summed E-state index contributed by atoms with van der Waals surface area (Å²) >= 11 is 1.90. The first-order valence-corrected chi connectivity index (χ1v) is 7.03. The van der Waals surface area contributed by atoms with E-state index in [1.807, 2.05) is 11.8 Å². The third-order valence-corrected chi connectivity index (χ3v) is 4.16. The number of thioether (sulfide) groups is 1. The standard InChI is InChI=1S/C13H16FNOS/c14-11-5-1-2-6-12(11)15-13(16)8-10-4-3-7-17-9-10/h1-2,5-6,10H,3-4,7-9H2,(H,15,16). The third kappa shape index (κ3) is 3.73. The molecule has 1 N–H and O–H groups in total. The van der Waals surface area contributed by atoms with E-state index in [0.29, 0.717) is 12.3 Å². The van der Waals surface area contributed by atoms with E-state index in [2.05, 4.69) is 5.32 Å². The van der Waals surface area contributed by atoms with Crippen molar-refractivity contribution in [2.24, 2.45) is 5.92 Å². The van der Waals surface area contributed by atoms with Crippen molar-refractivity contribution in [3.63, 3.8) is 0 Å². The largest absolute Gasteiger partial charge is 0.324 e. The first kappa shape index (κ1) is 12.4. The Morgan fingerprint density at radius 3 is 3.00 bits per heavy atom. The number of anilines is 1. The summed E-state index contributed by atoms with van der Waals surface area (Å²) in [6, 6.07) is 6.27. The van der Waals surface area contributed by atoms with Crippen LogP contribution < -0.4 is 5.32 Å². The van der Waals surface area contributed by atoms with E-state index in [1.54, 1.807) is 18.2 Å². The number of carbonyl (C=O) groups excluding carboxylic acids is 1. The predicted molar refractivity (Wildman–Crippen MR) is 69.7 cm³/mol. The van der Waals surface area contributed by atoms with Gasteiger partial charge in [0, 0.05) is 6.42 Å². The molecule has 2 rings (SSSR count). The van der Waals surface area contributed by atoms with Gasteiger partial charge >= 0.3 is 0 Å². The van der Waals surface area contributed by atoms with Gasteiger partial charge in [0.15, 0.2) is 0 Å². The molecule has 1 atom stereocenters. The predicted octanol–water partition coefficient (Wildman–Crippen LogP) is 3.30. The monoisotopic (exact) mass is 253 g/mol. The lowest BCUT2D eigenvalue weighted by atomic mass is 10.0. The van der Waals surface area contributed by atoms with Crippen molar-refractivity contribution in [2.45, 2.75) is 19.3 Å². The topological polar surface area (TPSA) is 29.1 Å². The van der Waals surface area contributed by atoms with Gasteiger partial charge in [-0.25, -0.2) is 4.39 Å². The van der Waals surface area contributed by atoms with Crippen LogP contribution in [0.5, 0.6) is 0 Å². The van der Waals surface area contributed by atoms with Crippen LogP contribution in [0.4, 0.5) is 10.1 Å². The first-order valence-electron chi connectivity index (χ1n) is 5.88. The molecule has 1 fully saturated rings. The van der Waals surface area contributed by atoms with Crippen LogP contribution >= 0.6 is 11.8 Å². The second kappa shape index (κ2) is 6.05. The average Bonchev–Trinajstić information content (AvgIpc) is 2.33. The number of hydrogen-bond acceptors (Lipinski definition) is 2. The highest BCUT2D eigenvalue weighted by atomic mass is 32.2. The van der Waals surface area contributed by atoms with E-state index < -0.39 is 0 Å². The van der Waals surface area contributed by atoms with Crippen LogP contribution in [0.15, 0.2) is 24.3 Å². The lowest BCUT2D eigenvalue weighted by Crippen LogP contribution is -2.20. The van der Waals surface area contributed by atoms with E-state index in [0.717, 1.165) is 12.2 Å². The third-order valence-electron chi connectivity index (χ3n) is 2.88. The number of nitrogens with one attached hydrogen (secondary N) is 1. The Kier molecular flexibility index (Phi) is 4.42. The van der Waals surface area contributed by atoms with Gasteiger partial charge in [-0.2, -0.15) is 11.8 Å². The van der Waals surface area contributed by atoms with Crippen LogP contribution in [0.2, 0.25) is 0 Å². The van der Waals surface area contributed by atoms with Gasteiger partial charge < -0.3 is 5.32 Å². The molecule has 1 saturated heterocycles. The maximum atomic E-state index is 13.3. The quantitative estimate of drug-likeness (QED) is 0.895. The molecule has 1 aliphatic rings. The molecular formula is C13H16FNOS. The highest BCUT2D eigenvalue weighted by Crippen LogP contribution is 2.25. The van der Waals surface area contributed by atoms with Gasteiger partial charge in [0.2, 0.25) is 5.91 Å². The summed E-state index contributed by atoms with van der Waals surface area (Å²) in [6.07, 6.45) is 2.79. The van der Waals surface area contributed by atoms with E-state index in [9.17, 15) is 9.18 Å². The Morgan fingerprint density at radius 1 is 1.47 bits per heavy atom. The molecule has 1 heterocycles. The van der Waals surface area contributed by atoms with Gasteiger partial charge in [-0.1, -0.05) is 12.1 Å². The van der Waals surface area contributed by atoms with Crippen LogP contribution in [0, 0.1) is 11.7 Å². The van der Waals surface area contributed by atoms with Crippen molar-refractivity contribution in [2.75, 3.05) is 16.8 Å². The number of rotatable bonds is 3. The number of para-hydroxylation sites is 1. The zero-order valence-electron chi connectivity index (χ0n) is 9.62. The van der Waals surface area contributed by atoms with E-state index in [4.69, 9.17) is 0 Å². The van der Waals surface area contributed by atoms with Crippen molar-refractivity contribution in [3.05, 3.63) is 30.1 Å². The van der Waals surface area contributed by atoms with Gasteiger partial charge in [0.1, 0.15) is 5.82 Å². The minimum Gasteiger partial charge on any atom is -0.324 e. The fourth-order valence-corrected chi connectivity index (χ4v) is 3.15. The van der Waals surface area contributed by atoms with Crippen LogP contribution in [-0.2, 0) is 4.79 Å². The Labute approximate surface area is 105 Å². The molecule has 0 spiro atoms. The summed E-state index contributed by atoms with van der Waals surface area (Å²) in [4.78, 5) is 11.7. The van der Waals surface area contributed by atoms with Crippen LogP contribution in [0.1, 0.15) is 19.3 Å². The molecule has 0 aliphatic carbocycles. The zero-order valence-corrected chi connectivity index (χ0v) is 10.4. The van der Waals surface area contributed by atoms with E-state index >= 15 is 0 Å². The minimum absolute atomic E-state index is 0.0809. The summed E-state index contributed by atoms with van der Waals surface area (Å²) in [5.41, 5.74) is 0.279. The van der Waals surface area contributed by atoms with Crippen molar-refractivity contribution in [1.82, 2.24) is 0 Å². The van der Waals surface area contributed by atoms with Crippen molar-refractivity contribution in [1.29, 1.82) is 0 Å². The number of amides is 1. The molecule has 0 aromatic heterocycles. The molecule has 0 saturated carbocycles. The Morgan fingerprint density at radius 2 is 2.29 bits per heavy atom. The highest BCUT2D eigenvalue weighted by Gasteiger charge is 2.17. The molecule has 0 radical (unpaired) electrons. The Bertz CT molecular complexity index is 391. The van der Waals surface area contributed by atoms with Crippen LogP contribution in [0.25, 0.3) is 0 Å². The molecule has 17 heavy (non-hydrogen) atoms. The van der Waals surface area contributed by atoms with Gasteiger partial charge in [-0.3, -0.25) is 4.79 Å². The Balaban J connectivity index is 1.86. The lowest BCUT2D eigenvalue weighted by Gasteiger charge is -2.20. The molecule has 2 nitrogen and oxygen atoms in total. The smallest absolute Gasteiger partial charge is 0.224 e. The van der Waals surface area contributed by atoms with Gasteiger partial charge in [0.25, 0.3) is 0 Å². The molecule has 1 amide bonds. The fraction of sp³-hybridized carbons (Fsp3) is 0.462. The molecule has 92 valence electrons. The molecule has 0 bridgehead atoms. The van der Waals surface area contributed by atoms with Gasteiger partial charge in [-0.15, -0.1) is 0 Å². The number of benzene rings is 1. The maximum Gasteiger partial charge on any atom is 0.224 e. The SMILES string of the molecule is O=C(CC1CCCSC1)Nc1ccccc1F. The minimum atomic E-state index is -0.376.